The van der Waals surface area contributed by atoms with Crippen molar-refractivity contribution in [2.75, 3.05) is 5.32 Å². The van der Waals surface area contributed by atoms with E-state index in [1.54, 1.807) is 12.1 Å². The van der Waals surface area contributed by atoms with Crippen molar-refractivity contribution in [3.05, 3.63) is 28.8 Å². The quantitative estimate of drug-likeness (QED) is 0.777. The van der Waals surface area contributed by atoms with E-state index >= 15 is 0 Å². The number of amides is 2. The molecule has 0 spiro atoms. The highest BCUT2D eigenvalue weighted by Gasteiger charge is 2.19. The fourth-order valence-corrected chi connectivity index (χ4v) is 1.76. The molecule has 19 heavy (non-hydrogen) atoms. The maximum absolute atomic E-state index is 11.7. The van der Waals surface area contributed by atoms with E-state index in [-0.39, 0.29) is 0 Å². The van der Waals surface area contributed by atoms with Crippen LogP contribution in [0.15, 0.2) is 18.2 Å². The van der Waals surface area contributed by atoms with Crippen LogP contribution in [-0.4, -0.2) is 23.1 Å². The van der Waals surface area contributed by atoms with E-state index in [1.165, 1.54) is 0 Å². The molecular formula is C13H17ClN2O3. The molecule has 0 aliphatic carbocycles. The van der Waals surface area contributed by atoms with Gasteiger partial charge in [-0.2, -0.15) is 0 Å². The lowest BCUT2D eigenvalue weighted by atomic mass is 10.2. The van der Waals surface area contributed by atoms with E-state index in [1.807, 2.05) is 19.9 Å². The lowest BCUT2D eigenvalue weighted by Gasteiger charge is -2.15. The monoisotopic (exact) mass is 284 g/mol. The smallest absolute Gasteiger partial charge is 0.326 e. The molecule has 5 nitrogen and oxygen atoms in total. The number of anilines is 1. The number of nitrogens with one attached hydrogen (secondary N) is 2. The van der Waals surface area contributed by atoms with E-state index in [9.17, 15) is 9.59 Å². The minimum Gasteiger partial charge on any atom is -0.480 e. The van der Waals surface area contributed by atoms with Crippen molar-refractivity contribution in [3.8, 4) is 0 Å². The van der Waals surface area contributed by atoms with Gasteiger partial charge >= 0.3 is 12.0 Å². The Morgan fingerprint density at radius 1 is 1.42 bits per heavy atom. The Balaban J connectivity index is 2.68. The zero-order chi connectivity index (χ0) is 14.4. The van der Waals surface area contributed by atoms with E-state index in [0.717, 1.165) is 5.56 Å². The predicted molar refractivity (Wildman–Crippen MR) is 74.7 cm³/mol. The number of aliphatic carboxylic acids is 1. The summed E-state index contributed by atoms with van der Waals surface area (Å²) in [7, 11) is 0. The van der Waals surface area contributed by atoms with Crippen molar-refractivity contribution >= 4 is 29.3 Å². The topological polar surface area (TPSA) is 78.4 Å². The highest BCUT2D eigenvalue weighted by atomic mass is 35.5. The van der Waals surface area contributed by atoms with Gasteiger partial charge in [0.05, 0.1) is 10.7 Å². The van der Waals surface area contributed by atoms with Crippen LogP contribution in [0.5, 0.6) is 0 Å². The summed E-state index contributed by atoms with van der Waals surface area (Å²) in [6.45, 7) is 3.73. The van der Waals surface area contributed by atoms with Crippen LogP contribution in [-0.2, 0) is 4.79 Å². The molecule has 0 aliphatic heterocycles. The number of carbonyl (C=O) groups excluding carboxylic acids is 1. The van der Waals surface area contributed by atoms with Crippen LogP contribution >= 0.6 is 11.6 Å². The number of urea groups is 1. The Kier molecular flexibility index (Phi) is 5.63. The number of hydrogen-bond donors (Lipinski definition) is 3. The van der Waals surface area contributed by atoms with Crippen LogP contribution in [0.25, 0.3) is 0 Å². The molecule has 104 valence electrons. The Labute approximate surface area is 117 Å². The molecule has 0 saturated carbocycles. The number of rotatable bonds is 5. The van der Waals surface area contributed by atoms with Crippen molar-refractivity contribution in [1.29, 1.82) is 0 Å². The lowest BCUT2D eigenvalue weighted by Crippen LogP contribution is -2.42. The third-order valence-electron chi connectivity index (χ3n) is 2.55. The fourth-order valence-electron chi connectivity index (χ4n) is 1.60. The Hall–Kier alpha value is -1.75. The van der Waals surface area contributed by atoms with Crippen LogP contribution in [0.2, 0.25) is 5.02 Å². The first kappa shape index (κ1) is 15.3. The second-order valence-electron chi connectivity index (χ2n) is 4.26. The summed E-state index contributed by atoms with van der Waals surface area (Å²) in [6, 6.07) is 3.75. The molecule has 0 aromatic heterocycles. The van der Waals surface area contributed by atoms with Crippen molar-refractivity contribution < 1.29 is 14.7 Å². The molecule has 1 aromatic rings. The van der Waals surface area contributed by atoms with Gasteiger partial charge in [-0.1, -0.05) is 31.0 Å². The van der Waals surface area contributed by atoms with Gasteiger partial charge in [0.15, 0.2) is 0 Å². The second-order valence-corrected chi connectivity index (χ2v) is 4.67. The van der Waals surface area contributed by atoms with E-state index in [4.69, 9.17) is 16.7 Å². The summed E-state index contributed by atoms with van der Waals surface area (Å²) in [5, 5.41) is 14.3. The van der Waals surface area contributed by atoms with Crippen LogP contribution < -0.4 is 10.6 Å². The van der Waals surface area contributed by atoms with Gasteiger partial charge in [0.1, 0.15) is 6.04 Å². The molecule has 0 heterocycles. The van der Waals surface area contributed by atoms with Gasteiger partial charge in [-0.05, 0) is 31.0 Å². The van der Waals surface area contributed by atoms with E-state index in [0.29, 0.717) is 23.6 Å². The summed E-state index contributed by atoms with van der Waals surface area (Å²) in [6.07, 6.45) is 1.05. The third-order valence-corrected chi connectivity index (χ3v) is 2.88. The van der Waals surface area contributed by atoms with Crippen LogP contribution in [0, 0.1) is 6.92 Å². The molecule has 6 heteroatoms. The van der Waals surface area contributed by atoms with E-state index in [2.05, 4.69) is 10.6 Å². The molecule has 0 fully saturated rings. The first-order valence-electron chi connectivity index (χ1n) is 6.00. The van der Waals surface area contributed by atoms with Crippen molar-refractivity contribution in [1.82, 2.24) is 5.32 Å². The first-order chi connectivity index (χ1) is 8.93. The number of carboxylic acid groups (broad SMARTS) is 1. The molecule has 3 N–H and O–H groups in total. The molecule has 2 amide bonds. The minimum absolute atomic E-state index is 0.379. The first-order valence-corrected chi connectivity index (χ1v) is 6.38. The van der Waals surface area contributed by atoms with E-state index < -0.39 is 18.0 Å². The summed E-state index contributed by atoms with van der Waals surface area (Å²) < 4.78 is 0. The molecule has 1 atom stereocenters. The average Bonchev–Trinajstić information content (AvgIpc) is 2.33. The highest BCUT2D eigenvalue weighted by molar-refractivity contribution is 6.33. The third kappa shape index (κ3) is 4.79. The zero-order valence-electron chi connectivity index (χ0n) is 10.9. The summed E-state index contributed by atoms with van der Waals surface area (Å²) in [4.78, 5) is 22.7. The predicted octanol–water partition coefficient (Wildman–Crippen LogP) is 3.02. The van der Waals surface area contributed by atoms with Crippen LogP contribution in [0.4, 0.5) is 10.5 Å². The van der Waals surface area contributed by atoms with Crippen molar-refractivity contribution in [2.45, 2.75) is 32.7 Å². The maximum Gasteiger partial charge on any atom is 0.326 e. The summed E-state index contributed by atoms with van der Waals surface area (Å²) >= 11 is 5.94. The molecule has 0 saturated heterocycles. The Morgan fingerprint density at radius 2 is 2.11 bits per heavy atom. The number of benzene rings is 1. The SMILES string of the molecule is CCCC(NC(=O)Nc1cc(C)ccc1Cl)C(=O)O. The average molecular weight is 285 g/mol. The van der Waals surface area contributed by atoms with Gasteiger partial charge in [-0.3, -0.25) is 0 Å². The standard InChI is InChI=1S/C13H17ClN2O3/c1-3-4-10(12(17)18)15-13(19)16-11-7-8(2)5-6-9(11)14/h5-7,10H,3-4H2,1-2H3,(H,17,18)(H2,15,16,19). The zero-order valence-corrected chi connectivity index (χ0v) is 11.6. The molecule has 0 bridgehead atoms. The Morgan fingerprint density at radius 3 is 2.68 bits per heavy atom. The number of aryl methyl sites for hydroxylation is 1. The highest BCUT2D eigenvalue weighted by Crippen LogP contribution is 2.22. The van der Waals surface area contributed by atoms with Gasteiger partial charge in [-0.15, -0.1) is 0 Å². The van der Waals surface area contributed by atoms with Crippen molar-refractivity contribution in [2.24, 2.45) is 0 Å². The number of carbonyl (C=O) groups is 2. The number of hydrogen-bond acceptors (Lipinski definition) is 2. The summed E-state index contributed by atoms with van der Waals surface area (Å²) in [5.74, 6) is -1.05. The molecule has 0 aliphatic rings. The molecular weight excluding hydrogens is 268 g/mol. The van der Waals surface area contributed by atoms with Gasteiger partial charge in [0.25, 0.3) is 0 Å². The lowest BCUT2D eigenvalue weighted by molar-refractivity contribution is -0.139. The Bertz CT molecular complexity index is 477. The normalized spacial score (nSPS) is 11.7. The number of halogens is 1. The molecule has 1 rings (SSSR count). The molecule has 1 unspecified atom stereocenters. The van der Waals surface area contributed by atoms with Gasteiger partial charge in [0.2, 0.25) is 0 Å². The second kappa shape index (κ2) is 6.99. The van der Waals surface area contributed by atoms with Gasteiger partial charge in [0, 0.05) is 0 Å². The van der Waals surface area contributed by atoms with Crippen LogP contribution in [0.3, 0.4) is 0 Å². The fraction of sp³-hybridized carbons (Fsp3) is 0.385. The van der Waals surface area contributed by atoms with Gasteiger partial charge in [-0.25, -0.2) is 9.59 Å². The number of carboxylic acids is 1. The van der Waals surface area contributed by atoms with Crippen LogP contribution in [0.1, 0.15) is 25.3 Å². The maximum atomic E-state index is 11.7. The van der Waals surface area contributed by atoms with Gasteiger partial charge < -0.3 is 15.7 Å². The molecule has 1 aromatic carbocycles. The minimum atomic E-state index is -1.05. The van der Waals surface area contributed by atoms with Crippen molar-refractivity contribution in [3.63, 3.8) is 0 Å². The summed E-state index contributed by atoms with van der Waals surface area (Å²) in [5.41, 5.74) is 1.41. The largest absolute Gasteiger partial charge is 0.480 e. The molecule has 0 radical (unpaired) electrons.